The molecule has 1 aromatic rings. The molecule has 1 heterocycles. The molecule has 2 aliphatic rings. The van der Waals surface area contributed by atoms with Gasteiger partial charge in [0.15, 0.2) is 0 Å². The first-order valence-corrected chi connectivity index (χ1v) is 9.94. The molecule has 0 spiro atoms. The highest BCUT2D eigenvalue weighted by molar-refractivity contribution is 6.07. The maximum atomic E-state index is 13.6. The number of halogens is 6. The minimum absolute atomic E-state index is 0.0359. The van der Waals surface area contributed by atoms with Crippen molar-refractivity contribution in [2.75, 3.05) is 11.9 Å². The highest BCUT2D eigenvalue weighted by Crippen LogP contribution is 2.40. The number of ether oxygens (including phenoxy) is 1. The molecule has 7 nitrogen and oxygen atoms in total. The van der Waals surface area contributed by atoms with Crippen molar-refractivity contribution in [1.82, 2.24) is 10.6 Å². The van der Waals surface area contributed by atoms with Crippen LogP contribution in [-0.4, -0.2) is 48.5 Å². The minimum Gasteiger partial charge on any atom is -0.485 e. The Morgan fingerprint density at radius 3 is 2.33 bits per heavy atom. The summed E-state index contributed by atoms with van der Waals surface area (Å²) in [6.07, 6.45) is -5.39. The van der Waals surface area contributed by atoms with Crippen LogP contribution in [0.25, 0.3) is 0 Å². The van der Waals surface area contributed by atoms with E-state index in [0.717, 1.165) is 26.0 Å². The molecule has 0 aromatic heterocycles. The van der Waals surface area contributed by atoms with Gasteiger partial charge in [0.25, 0.3) is 5.91 Å². The van der Waals surface area contributed by atoms with Gasteiger partial charge in [-0.3, -0.25) is 14.4 Å². The van der Waals surface area contributed by atoms with Crippen molar-refractivity contribution in [3.63, 3.8) is 0 Å². The Morgan fingerprint density at radius 1 is 1.12 bits per heavy atom. The van der Waals surface area contributed by atoms with Gasteiger partial charge in [-0.1, -0.05) is 0 Å². The van der Waals surface area contributed by atoms with E-state index >= 15 is 0 Å². The molecule has 1 fully saturated rings. The number of carbonyl (C=O) groups is 3. The largest absolute Gasteiger partial charge is 0.485 e. The fourth-order valence-electron chi connectivity index (χ4n) is 3.16. The zero-order valence-corrected chi connectivity index (χ0v) is 17.5. The molecular weight excluding hydrogens is 460 g/mol. The van der Waals surface area contributed by atoms with Crippen molar-refractivity contribution in [1.29, 1.82) is 0 Å². The number of hydrogen-bond acceptors (Lipinski definition) is 4. The van der Waals surface area contributed by atoms with E-state index in [2.05, 4.69) is 10.6 Å². The molecule has 33 heavy (non-hydrogen) atoms. The van der Waals surface area contributed by atoms with Crippen LogP contribution in [0.1, 0.15) is 26.7 Å². The number of anilines is 1. The van der Waals surface area contributed by atoms with Crippen molar-refractivity contribution in [3.8, 4) is 5.75 Å². The zero-order chi connectivity index (χ0) is 24.8. The van der Waals surface area contributed by atoms with Crippen LogP contribution in [0, 0.1) is 17.2 Å². The summed E-state index contributed by atoms with van der Waals surface area (Å²) in [4.78, 5) is 37.8. The average Bonchev–Trinajstić information content (AvgIpc) is 3.54. The molecule has 2 unspecified atom stereocenters. The summed E-state index contributed by atoms with van der Waals surface area (Å²) < 4.78 is 82.6. The highest BCUT2D eigenvalue weighted by Gasteiger charge is 2.58. The van der Waals surface area contributed by atoms with Crippen molar-refractivity contribution in [2.45, 2.75) is 50.9 Å². The number of amides is 3. The average molecular weight is 481 g/mol. The van der Waals surface area contributed by atoms with Gasteiger partial charge in [0.2, 0.25) is 11.8 Å². The van der Waals surface area contributed by atoms with E-state index in [1.807, 2.05) is 0 Å². The lowest BCUT2D eigenvalue weighted by Crippen LogP contribution is -2.58. The van der Waals surface area contributed by atoms with Crippen LogP contribution >= 0.6 is 0 Å². The molecule has 0 radical (unpaired) electrons. The molecule has 0 saturated heterocycles. The zero-order valence-electron chi connectivity index (χ0n) is 17.5. The summed E-state index contributed by atoms with van der Waals surface area (Å²) in [5, 5.41) is 6.20. The Hall–Kier alpha value is -2.99. The smallest absolute Gasteiger partial charge is 0.455 e. The molecule has 1 aliphatic heterocycles. The van der Waals surface area contributed by atoms with E-state index in [0.29, 0.717) is 12.8 Å². The summed E-state index contributed by atoms with van der Waals surface area (Å²) in [6, 6.07) is 2.13. The van der Waals surface area contributed by atoms with Crippen molar-refractivity contribution in [3.05, 3.63) is 24.0 Å². The lowest BCUT2D eigenvalue weighted by atomic mass is 9.90. The quantitative estimate of drug-likeness (QED) is 0.430. The Bertz CT molecular complexity index is 962. The molecule has 13 heteroatoms. The normalized spacial score (nSPS) is 21.3. The number of fused-ring (bicyclic) bond motifs is 1. The number of nitrogens with one attached hydrogen (secondary N) is 3. The standard InChI is InChI=1S/C20H21F6N3O4/c1-18(2,16(31)27-8-19(22,23)20(24,25)26)17(32)29-13-14(9-3-4-9)33-12-6-5-10(21)7-11(12)28-15(13)30/h5-7,9,13-14H,3-4,8H2,1-2H3,(H,27,31)(H,28,30)(H,29,32). The third kappa shape index (κ3) is 5.17. The minimum atomic E-state index is -5.88. The van der Waals surface area contributed by atoms with E-state index in [9.17, 15) is 40.7 Å². The molecule has 182 valence electrons. The van der Waals surface area contributed by atoms with E-state index < -0.39 is 59.7 Å². The van der Waals surface area contributed by atoms with Crippen molar-refractivity contribution >= 4 is 23.4 Å². The van der Waals surface area contributed by atoms with E-state index in [4.69, 9.17) is 4.74 Å². The number of rotatable bonds is 6. The van der Waals surface area contributed by atoms with Crippen LogP contribution in [0.3, 0.4) is 0 Å². The second-order valence-electron chi connectivity index (χ2n) is 8.51. The van der Waals surface area contributed by atoms with Gasteiger partial charge in [-0.15, -0.1) is 0 Å². The van der Waals surface area contributed by atoms with Gasteiger partial charge in [0.05, 0.1) is 12.2 Å². The summed E-state index contributed by atoms with van der Waals surface area (Å²) in [5.41, 5.74) is -2.07. The van der Waals surface area contributed by atoms with Crippen LogP contribution in [0.15, 0.2) is 18.2 Å². The van der Waals surface area contributed by atoms with Gasteiger partial charge in [-0.25, -0.2) is 4.39 Å². The number of alkyl halides is 5. The maximum absolute atomic E-state index is 13.6. The second-order valence-corrected chi connectivity index (χ2v) is 8.51. The van der Waals surface area contributed by atoms with Crippen LogP contribution < -0.4 is 20.7 Å². The number of hydrogen-bond donors (Lipinski definition) is 3. The van der Waals surface area contributed by atoms with E-state index in [-0.39, 0.29) is 17.4 Å². The third-order valence-corrected chi connectivity index (χ3v) is 5.47. The molecule has 3 rings (SSSR count). The Kier molecular flexibility index (Phi) is 6.28. The first kappa shape index (κ1) is 24.6. The van der Waals surface area contributed by atoms with Gasteiger partial charge in [-0.2, -0.15) is 22.0 Å². The molecule has 3 amide bonds. The lowest BCUT2D eigenvalue weighted by Gasteiger charge is -2.29. The Morgan fingerprint density at radius 2 is 1.76 bits per heavy atom. The summed E-state index contributed by atoms with van der Waals surface area (Å²) in [6.45, 7) is -0.0329. The number of carbonyl (C=O) groups excluding carboxylic acids is 3. The van der Waals surface area contributed by atoms with E-state index in [1.54, 1.807) is 0 Å². The molecule has 3 N–H and O–H groups in total. The summed E-state index contributed by atoms with van der Waals surface area (Å²) in [5.74, 6) is -9.04. The van der Waals surface area contributed by atoms with Crippen molar-refractivity contribution in [2.24, 2.45) is 11.3 Å². The van der Waals surface area contributed by atoms with Gasteiger partial charge < -0.3 is 20.7 Å². The van der Waals surface area contributed by atoms with Crippen LogP contribution in [0.2, 0.25) is 0 Å². The number of benzene rings is 1. The van der Waals surface area contributed by atoms with Crippen LogP contribution in [0.4, 0.5) is 32.0 Å². The SMILES string of the molecule is CC(C)(C(=O)NCC(F)(F)C(F)(F)F)C(=O)NC1C(=O)Nc2cc(F)ccc2OC1C1CC1. The highest BCUT2D eigenvalue weighted by atomic mass is 19.4. The predicted octanol–water partition coefficient (Wildman–Crippen LogP) is 2.76. The molecule has 2 atom stereocenters. The first-order valence-electron chi connectivity index (χ1n) is 9.94. The first-order chi connectivity index (χ1) is 15.1. The van der Waals surface area contributed by atoms with Crippen LogP contribution in [-0.2, 0) is 14.4 Å². The fourth-order valence-corrected chi connectivity index (χ4v) is 3.16. The van der Waals surface area contributed by atoms with Gasteiger partial charge >= 0.3 is 12.1 Å². The topological polar surface area (TPSA) is 96.5 Å². The lowest BCUT2D eigenvalue weighted by molar-refractivity contribution is -0.278. The maximum Gasteiger partial charge on any atom is 0.455 e. The predicted molar refractivity (Wildman–Crippen MR) is 102 cm³/mol. The Labute approximate surface area is 184 Å². The molecule has 1 aromatic carbocycles. The van der Waals surface area contributed by atoms with Crippen LogP contribution in [0.5, 0.6) is 5.75 Å². The molecular formula is C20H21F6N3O4. The Balaban J connectivity index is 1.74. The fraction of sp³-hybridized carbons (Fsp3) is 0.550. The monoisotopic (exact) mass is 481 g/mol. The van der Waals surface area contributed by atoms with Crippen molar-refractivity contribution < 1.29 is 45.5 Å². The molecule has 1 saturated carbocycles. The van der Waals surface area contributed by atoms with Gasteiger partial charge in [0.1, 0.15) is 29.1 Å². The summed E-state index contributed by atoms with van der Waals surface area (Å²) >= 11 is 0. The molecule has 1 aliphatic carbocycles. The second kappa shape index (κ2) is 8.41. The third-order valence-electron chi connectivity index (χ3n) is 5.47. The van der Waals surface area contributed by atoms with Gasteiger partial charge in [0, 0.05) is 6.07 Å². The van der Waals surface area contributed by atoms with Gasteiger partial charge in [-0.05, 0) is 44.7 Å². The molecule has 0 bridgehead atoms. The summed E-state index contributed by atoms with van der Waals surface area (Å²) in [7, 11) is 0. The van der Waals surface area contributed by atoms with E-state index in [1.165, 1.54) is 11.4 Å².